The molecule has 0 aromatic rings. The van der Waals surface area contributed by atoms with Crippen LogP contribution in [-0.4, -0.2) is 106 Å². The number of rotatable bonds is 9. The maximum atomic E-state index is 13.2. The number of alkyl halides is 6. The van der Waals surface area contributed by atoms with E-state index in [-0.39, 0.29) is 13.2 Å². The first kappa shape index (κ1) is 32.8. The zero-order valence-electron chi connectivity index (χ0n) is 21.5. The van der Waals surface area contributed by atoms with Crippen LogP contribution in [0.25, 0.3) is 0 Å². The number of hydrogen-bond acceptors (Lipinski definition) is 9. The Bertz CT molecular complexity index is 1070. The lowest BCUT2D eigenvalue weighted by atomic mass is 9.83. The minimum Gasteiger partial charge on any atom is -0.481 e. The fraction of sp³-hybridized carbons (Fsp3) is 0.810. The van der Waals surface area contributed by atoms with Crippen molar-refractivity contribution in [2.75, 3.05) is 20.3 Å². The Balaban J connectivity index is 0.000000171. The highest BCUT2D eigenvalue weighted by atomic mass is 19.3. The molecule has 2 aliphatic heterocycles. The van der Waals surface area contributed by atoms with Crippen molar-refractivity contribution in [3.63, 3.8) is 0 Å². The van der Waals surface area contributed by atoms with Crippen LogP contribution in [-0.2, 0) is 33.8 Å². The fourth-order valence-electron chi connectivity index (χ4n) is 5.65. The Labute approximate surface area is 227 Å². The van der Waals surface area contributed by atoms with Gasteiger partial charge in [0.05, 0.1) is 42.9 Å². The third kappa shape index (κ3) is 5.71. The van der Waals surface area contributed by atoms with E-state index in [1.54, 1.807) is 0 Å². The van der Waals surface area contributed by atoms with Gasteiger partial charge in [-0.05, 0) is 6.82 Å². The van der Waals surface area contributed by atoms with Crippen molar-refractivity contribution in [3.05, 3.63) is 0 Å². The number of nitrogens with zero attached hydrogens (tertiary/aromatic N) is 1. The first-order chi connectivity index (χ1) is 18.8. The fourth-order valence-corrected chi connectivity index (χ4v) is 5.65. The van der Waals surface area contributed by atoms with Crippen LogP contribution in [0.4, 0.5) is 26.3 Å². The van der Waals surface area contributed by atoms with E-state index < -0.39 is 102 Å². The zero-order chi connectivity index (χ0) is 31.4. The monoisotopic (exact) mass is 608 g/mol. The van der Waals surface area contributed by atoms with E-state index >= 15 is 0 Å². The summed E-state index contributed by atoms with van der Waals surface area (Å²) in [6, 6.07) is -1.57. The third-order valence-corrected chi connectivity index (χ3v) is 7.87. The number of amides is 2. The molecule has 0 aromatic heterocycles. The molecule has 0 radical (unpaired) electrons. The number of piperidine rings is 2. The van der Waals surface area contributed by atoms with E-state index in [2.05, 4.69) is 20.0 Å². The average Bonchev–Trinajstić information content (AvgIpc) is 3.66. The van der Waals surface area contributed by atoms with Gasteiger partial charge >= 0.3 is 19.0 Å². The van der Waals surface area contributed by atoms with Crippen LogP contribution in [0.3, 0.4) is 0 Å². The Morgan fingerprint density at radius 3 is 1.98 bits per heavy atom. The SMILES string of the molecule is COOCC1C2C(C(=O)N1B(C)O)C2(F)F.C[C@@H](C(=O)O)[C@H]1[C@@H](C(=O)O)C1(F)F.O=C1NC(COO)C2C1C2(F)F. The highest BCUT2D eigenvalue weighted by molar-refractivity contribution is 6.49. The summed E-state index contributed by atoms with van der Waals surface area (Å²) in [5.74, 6) is -22.9. The summed E-state index contributed by atoms with van der Waals surface area (Å²) in [6.45, 7) is 2.01. The van der Waals surface area contributed by atoms with Gasteiger partial charge in [0, 0.05) is 0 Å². The number of carbonyl (C=O) groups is 4. The zero-order valence-corrected chi connectivity index (χ0v) is 21.5. The second kappa shape index (κ2) is 11.2. The standard InChI is InChI=1S/C8H12BF2NO4.C7H8F2O4.C6H7F2NO3/c1-9(14)12-4(3-16-15-2)5-6(7(12)13)8(5,10)11;1-2(5(10)11)3-4(6(12)13)7(3,8)9;7-6(8)3-2(1-12-11)9-5(10)4(3)6/h4-6,14H,3H2,1-2H3;2-4H,1H3,(H,10,11)(H,12,13);2-4,11H,1H2,(H,9,10)/t;2-,3+,4+;/m.1./s1. The van der Waals surface area contributed by atoms with Gasteiger partial charge < -0.3 is 25.4 Å². The quantitative estimate of drug-likeness (QED) is 0.105. The van der Waals surface area contributed by atoms with Gasteiger partial charge in [-0.2, -0.15) is 0 Å². The van der Waals surface area contributed by atoms with Crippen LogP contribution in [0.1, 0.15) is 6.92 Å². The molecule has 3 saturated carbocycles. The number of carboxylic acids is 2. The lowest BCUT2D eigenvalue weighted by Crippen LogP contribution is -2.50. The molecule has 9 atom stereocenters. The highest BCUT2D eigenvalue weighted by Crippen LogP contribution is 2.63. The van der Waals surface area contributed by atoms with Crippen molar-refractivity contribution in [2.24, 2.45) is 41.4 Å². The molecule has 5 aliphatic rings. The average molecular weight is 608 g/mol. The summed E-state index contributed by atoms with van der Waals surface area (Å²) in [6.07, 6.45) is 0. The minimum atomic E-state index is -3.37. The third-order valence-electron chi connectivity index (χ3n) is 7.87. The number of carbonyl (C=O) groups excluding carboxylic acids is 2. The summed E-state index contributed by atoms with van der Waals surface area (Å²) >= 11 is 0. The number of fused-ring (bicyclic) bond motifs is 2. The maximum absolute atomic E-state index is 13.2. The Morgan fingerprint density at radius 1 is 1.02 bits per heavy atom. The molecule has 2 saturated heterocycles. The van der Waals surface area contributed by atoms with Gasteiger partial charge in [0.1, 0.15) is 31.0 Å². The molecule has 232 valence electrons. The van der Waals surface area contributed by atoms with Crippen molar-refractivity contribution in [3.8, 4) is 0 Å². The topological polar surface area (TPSA) is 192 Å². The molecule has 13 nitrogen and oxygen atoms in total. The lowest BCUT2D eigenvalue weighted by molar-refractivity contribution is -0.279. The van der Waals surface area contributed by atoms with Gasteiger partial charge in [0.15, 0.2) is 0 Å². The molecule has 2 heterocycles. The molecular formula is C21H27BF6N2O11. The normalized spacial score (nSPS) is 36.3. The number of aliphatic carboxylic acids is 2. The molecule has 0 spiro atoms. The van der Waals surface area contributed by atoms with Gasteiger partial charge in [-0.25, -0.2) is 41.0 Å². The van der Waals surface area contributed by atoms with Crippen LogP contribution in [0.2, 0.25) is 6.82 Å². The first-order valence-electron chi connectivity index (χ1n) is 12.1. The molecule has 20 heteroatoms. The van der Waals surface area contributed by atoms with Crippen molar-refractivity contribution >= 4 is 30.8 Å². The van der Waals surface area contributed by atoms with Crippen LogP contribution in [0, 0.1) is 41.4 Å². The highest BCUT2D eigenvalue weighted by Gasteiger charge is 2.81. The molecule has 0 bridgehead atoms. The van der Waals surface area contributed by atoms with Gasteiger partial charge in [-0.1, -0.05) is 6.92 Å². The van der Waals surface area contributed by atoms with E-state index in [4.69, 9.17) is 15.5 Å². The Hall–Kier alpha value is -2.68. The minimum absolute atomic E-state index is 0.163. The molecule has 3 aliphatic carbocycles. The predicted octanol–water partition coefficient (Wildman–Crippen LogP) is 0.296. The number of carboxylic acid groups (broad SMARTS) is 2. The summed E-state index contributed by atoms with van der Waals surface area (Å²) in [5, 5.41) is 36.4. The summed E-state index contributed by atoms with van der Waals surface area (Å²) in [4.78, 5) is 56.6. The predicted molar refractivity (Wildman–Crippen MR) is 118 cm³/mol. The van der Waals surface area contributed by atoms with Gasteiger partial charge in [-0.15, -0.1) is 0 Å². The van der Waals surface area contributed by atoms with Gasteiger partial charge in [-0.3, -0.25) is 24.4 Å². The summed E-state index contributed by atoms with van der Waals surface area (Å²) < 4.78 is 77.1. The molecule has 0 aromatic carbocycles. The second-order valence-electron chi connectivity index (χ2n) is 10.3. The van der Waals surface area contributed by atoms with Crippen LogP contribution >= 0.6 is 0 Å². The second-order valence-corrected chi connectivity index (χ2v) is 10.3. The number of halogens is 6. The molecule has 5 N–H and O–H groups in total. The number of nitrogens with one attached hydrogen (secondary N) is 1. The van der Waals surface area contributed by atoms with Crippen LogP contribution in [0.5, 0.6) is 0 Å². The van der Waals surface area contributed by atoms with Gasteiger partial charge in [0.2, 0.25) is 11.8 Å². The van der Waals surface area contributed by atoms with Crippen molar-refractivity contribution in [1.82, 2.24) is 10.1 Å². The lowest BCUT2D eigenvalue weighted by Gasteiger charge is -2.29. The van der Waals surface area contributed by atoms with Gasteiger partial charge in [0.25, 0.3) is 17.8 Å². The molecular weight excluding hydrogens is 581 g/mol. The Kier molecular flexibility index (Phi) is 8.97. The largest absolute Gasteiger partial charge is 0.481 e. The first-order valence-corrected chi connectivity index (χ1v) is 12.1. The van der Waals surface area contributed by atoms with Crippen LogP contribution in [0.15, 0.2) is 0 Å². The molecule has 5 rings (SSSR count). The molecule has 41 heavy (non-hydrogen) atoms. The number of hydrogen-bond donors (Lipinski definition) is 5. The summed E-state index contributed by atoms with van der Waals surface area (Å²) in [7, 11) is 0.160. The van der Waals surface area contributed by atoms with E-state index in [1.807, 2.05) is 0 Å². The maximum Gasteiger partial charge on any atom is 0.412 e. The van der Waals surface area contributed by atoms with E-state index in [0.29, 0.717) is 0 Å². The summed E-state index contributed by atoms with van der Waals surface area (Å²) in [5.41, 5.74) is 0. The molecule has 2 amide bonds. The smallest absolute Gasteiger partial charge is 0.412 e. The van der Waals surface area contributed by atoms with Crippen molar-refractivity contribution < 1.29 is 80.7 Å². The van der Waals surface area contributed by atoms with Crippen LogP contribution < -0.4 is 5.32 Å². The van der Waals surface area contributed by atoms with Crippen molar-refractivity contribution in [1.29, 1.82) is 0 Å². The van der Waals surface area contributed by atoms with E-state index in [1.165, 1.54) is 13.9 Å². The van der Waals surface area contributed by atoms with E-state index in [9.17, 15) is 50.5 Å². The molecule has 6 unspecified atom stereocenters. The molecule has 5 fully saturated rings. The van der Waals surface area contributed by atoms with Crippen molar-refractivity contribution in [2.45, 2.75) is 43.6 Å². The Morgan fingerprint density at radius 2 is 1.59 bits per heavy atom. The van der Waals surface area contributed by atoms with E-state index in [0.717, 1.165) is 11.7 Å².